The maximum absolute atomic E-state index is 13.2. The number of benzene rings is 2. The minimum Gasteiger partial charge on any atom is -0.478 e. The number of hydrogen-bond acceptors (Lipinski definition) is 6. The summed E-state index contributed by atoms with van der Waals surface area (Å²) in [6, 6.07) is 12.4. The van der Waals surface area contributed by atoms with Crippen LogP contribution in [0.5, 0.6) is 0 Å². The van der Waals surface area contributed by atoms with Crippen molar-refractivity contribution in [3.63, 3.8) is 0 Å². The SMILES string of the molecule is Cc1ccc(C(=O)Nc2cc(C(=O)O)ccc2C(=O)Nc2ccc(Cl)cn2)c(SCCCN)c1.Cl. The third kappa shape index (κ3) is 7.69. The highest BCUT2D eigenvalue weighted by molar-refractivity contribution is 7.99. The van der Waals surface area contributed by atoms with E-state index in [0.717, 1.165) is 22.6 Å². The van der Waals surface area contributed by atoms with Crippen molar-refractivity contribution in [1.29, 1.82) is 0 Å². The van der Waals surface area contributed by atoms with Crippen LogP contribution in [0.3, 0.4) is 0 Å². The van der Waals surface area contributed by atoms with E-state index in [1.165, 1.54) is 42.2 Å². The third-order valence-electron chi connectivity index (χ3n) is 4.72. The molecule has 0 aliphatic carbocycles. The van der Waals surface area contributed by atoms with Crippen molar-refractivity contribution >= 4 is 65.1 Å². The molecular weight excluding hydrogens is 511 g/mol. The van der Waals surface area contributed by atoms with Gasteiger partial charge in [-0.1, -0.05) is 17.7 Å². The summed E-state index contributed by atoms with van der Waals surface area (Å²) in [5.74, 6) is -1.21. The molecule has 0 saturated carbocycles. The first-order chi connectivity index (χ1) is 16.3. The average molecular weight is 535 g/mol. The number of thioether (sulfide) groups is 1. The number of aromatic nitrogens is 1. The quantitative estimate of drug-likeness (QED) is 0.221. The van der Waals surface area contributed by atoms with Crippen LogP contribution >= 0.6 is 35.8 Å². The van der Waals surface area contributed by atoms with Crippen LogP contribution in [0, 0.1) is 6.92 Å². The Balaban J connectivity index is 0.00000432. The zero-order chi connectivity index (χ0) is 24.7. The fourth-order valence-corrected chi connectivity index (χ4v) is 4.23. The number of pyridine rings is 1. The van der Waals surface area contributed by atoms with Crippen molar-refractivity contribution in [2.45, 2.75) is 18.2 Å². The van der Waals surface area contributed by atoms with Gasteiger partial charge in [0.15, 0.2) is 0 Å². The van der Waals surface area contributed by atoms with Gasteiger partial charge < -0.3 is 21.5 Å². The van der Waals surface area contributed by atoms with Gasteiger partial charge in [0.05, 0.1) is 27.4 Å². The van der Waals surface area contributed by atoms with Gasteiger partial charge in [0.1, 0.15) is 5.82 Å². The van der Waals surface area contributed by atoms with Crippen molar-refractivity contribution in [1.82, 2.24) is 4.98 Å². The molecule has 0 aliphatic rings. The Morgan fingerprint density at radius 3 is 2.40 bits per heavy atom. The van der Waals surface area contributed by atoms with Gasteiger partial charge in [0.25, 0.3) is 11.8 Å². The second kappa shape index (κ2) is 13.1. The molecule has 184 valence electrons. The molecule has 1 aromatic heterocycles. The Bertz CT molecular complexity index is 1220. The molecule has 0 aliphatic heterocycles. The van der Waals surface area contributed by atoms with Gasteiger partial charge >= 0.3 is 5.97 Å². The lowest BCUT2D eigenvalue weighted by Gasteiger charge is -2.14. The molecule has 2 aromatic carbocycles. The molecule has 3 aromatic rings. The molecule has 2 amide bonds. The van der Waals surface area contributed by atoms with Crippen LogP contribution in [0.25, 0.3) is 0 Å². The van der Waals surface area contributed by atoms with Crippen molar-refractivity contribution in [3.8, 4) is 0 Å². The molecule has 0 saturated heterocycles. The zero-order valence-corrected chi connectivity index (χ0v) is 21.1. The van der Waals surface area contributed by atoms with Crippen molar-refractivity contribution < 1.29 is 19.5 Å². The normalized spacial score (nSPS) is 10.3. The lowest BCUT2D eigenvalue weighted by Crippen LogP contribution is -2.20. The molecule has 0 atom stereocenters. The summed E-state index contributed by atoms with van der Waals surface area (Å²) in [5, 5.41) is 15.1. The number of nitrogens with zero attached hydrogens (tertiary/aromatic N) is 1. The molecule has 8 nitrogen and oxygen atoms in total. The summed E-state index contributed by atoms with van der Waals surface area (Å²) in [5.41, 5.74) is 7.07. The van der Waals surface area contributed by atoms with Gasteiger partial charge in [-0.25, -0.2) is 9.78 Å². The Kier molecular flexibility index (Phi) is 10.5. The monoisotopic (exact) mass is 534 g/mol. The second-order valence-electron chi connectivity index (χ2n) is 7.33. The van der Waals surface area contributed by atoms with E-state index in [9.17, 15) is 19.5 Å². The standard InChI is InChI=1S/C24H23ClN4O4S.ClH/c1-14-3-6-18(20(11-14)34-10-2-9-26)23(31)28-19-12-15(24(32)33)4-7-17(19)22(30)29-21-8-5-16(25)13-27-21;/h3-8,11-13H,2,9-10,26H2,1H3,(H,28,31)(H,32,33)(H,27,29,30);1H. The number of aryl methyl sites for hydroxylation is 1. The van der Waals surface area contributed by atoms with Crippen LogP contribution in [0.1, 0.15) is 43.1 Å². The van der Waals surface area contributed by atoms with Crippen LogP contribution in [0.15, 0.2) is 59.6 Å². The lowest BCUT2D eigenvalue weighted by molar-refractivity contribution is 0.0696. The van der Waals surface area contributed by atoms with Gasteiger partial charge in [0.2, 0.25) is 0 Å². The highest BCUT2D eigenvalue weighted by Crippen LogP contribution is 2.27. The van der Waals surface area contributed by atoms with E-state index in [1.807, 2.05) is 19.1 Å². The Hall–Kier alpha value is -3.11. The topological polar surface area (TPSA) is 134 Å². The van der Waals surface area contributed by atoms with Gasteiger partial charge in [-0.2, -0.15) is 0 Å². The van der Waals surface area contributed by atoms with Gasteiger partial charge in [0, 0.05) is 11.1 Å². The van der Waals surface area contributed by atoms with E-state index in [0.29, 0.717) is 17.1 Å². The van der Waals surface area contributed by atoms with Gasteiger partial charge in [-0.05, 0) is 73.7 Å². The van der Waals surface area contributed by atoms with Crippen LogP contribution < -0.4 is 16.4 Å². The summed E-state index contributed by atoms with van der Waals surface area (Å²) in [4.78, 5) is 42.4. The fourth-order valence-electron chi connectivity index (χ4n) is 3.00. The van der Waals surface area contributed by atoms with E-state index >= 15 is 0 Å². The number of amides is 2. The van der Waals surface area contributed by atoms with Crippen LogP contribution in [0.2, 0.25) is 5.02 Å². The molecule has 0 bridgehead atoms. The van der Waals surface area contributed by atoms with Crippen molar-refractivity contribution in [3.05, 3.63) is 82.0 Å². The molecule has 11 heteroatoms. The highest BCUT2D eigenvalue weighted by Gasteiger charge is 2.19. The van der Waals surface area contributed by atoms with E-state index < -0.39 is 17.8 Å². The maximum Gasteiger partial charge on any atom is 0.335 e. The number of nitrogens with two attached hydrogens (primary N) is 1. The predicted molar refractivity (Wildman–Crippen MR) is 141 cm³/mol. The van der Waals surface area contributed by atoms with Gasteiger partial charge in [-0.3, -0.25) is 9.59 Å². The average Bonchev–Trinajstić information content (AvgIpc) is 2.80. The minimum atomic E-state index is -1.19. The number of hydrogen-bond donors (Lipinski definition) is 4. The van der Waals surface area contributed by atoms with E-state index in [4.69, 9.17) is 17.3 Å². The van der Waals surface area contributed by atoms with E-state index in [2.05, 4.69) is 15.6 Å². The largest absolute Gasteiger partial charge is 0.478 e. The third-order valence-corrected chi connectivity index (χ3v) is 6.08. The van der Waals surface area contributed by atoms with E-state index in [-0.39, 0.29) is 35.0 Å². The predicted octanol–water partition coefficient (Wildman–Crippen LogP) is 5.11. The molecular formula is C24H24Cl2N4O4S. The second-order valence-corrected chi connectivity index (χ2v) is 8.90. The Labute approximate surface area is 218 Å². The molecule has 0 spiro atoms. The molecule has 5 N–H and O–H groups in total. The number of carboxylic acid groups (broad SMARTS) is 1. The minimum absolute atomic E-state index is 0. The summed E-state index contributed by atoms with van der Waals surface area (Å²) in [7, 11) is 0. The molecule has 1 heterocycles. The molecule has 0 unspecified atom stereocenters. The number of anilines is 2. The summed E-state index contributed by atoms with van der Waals surface area (Å²) in [6.45, 7) is 2.47. The summed E-state index contributed by atoms with van der Waals surface area (Å²) >= 11 is 7.34. The summed E-state index contributed by atoms with van der Waals surface area (Å²) < 4.78 is 0. The molecule has 3 rings (SSSR count). The maximum atomic E-state index is 13.2. The van der Waals surface area contributed by atoms with Crippen LogP contribution in [0.4, 0.5) is 11.5 Å². The summed E-state index contributed by atoms with van der Waals surface area (Å²) in [6.07, 6.45) is 2.18. The molecule has 35 heavy (non-hydrogen) atoms. The number of aromatic carboxylic acids is 1. The first-order valence-corrected chi connectivity index (χ1v) is 11.7. The lowest BCUT2D eigenvalue weighted by atomic mass is 10.1. The Morgan fingerprint density at radius 2 is 1.74 bits per heavy atom. The number of carbonyl (C=O) groups excluding carboxylic acids is 2. The number of nitrogens with one attached hydrogen (secondary N) is 2. The fraction of sp³-hybridized carbons (Fsp3) is 0.167. The number of rotatable bonds is 9. The highest BCUT2D eigenvalue weighted by atomic mass is 35.5. The van der Waals surface area contributed by atoms with Crippen molar-refractivity contribution in [2.24, 2.45) is 5.73 Å². The smallest absolute Gasteiger partial charge is 0.335 e. The Morgan fingerprint density at radius 1 is 1.03 bits per heavy atom. The zero-order valence-electron chi connectivity index (χ0n) is 18.7. The first kappa shape index (κ1) is 28.1. The number of carbonyl (C=O) groups is 3. The number of halogens is 2. The van der Waals surface area contributed by atoms with Gasteiger partial charge in [-0.15, -0.1) is 24.2 Å². The molecule has 0 fully saturated rings. The molecule has 0 radical (unpaired) electrons. The first-order valence-electron chi connectivity index (χ1n) is 10.3. The van der Waals surface area contributed by atoms with E-state index in [1.54, 1.807) is 12.1 Å². The van der Waals surface area contributed by atoms with Crippen LogP contribution in [-0.2, 0) is 0 Å². The van der Waals surface area contributed by atoms with Crippen molar-refractivity contribution in [2.75, 3.05) is 22.9 Å². The van der Waals surface area contributed by atoms with Crippen LogP contribution in [-0.4, -0.2) is 40.2 Å². The number of carboxylic acids is 1.